The molecule has 0 aliphatic heterocycles. The molecule has 5 nitrogen and oxygen atoms in total. The maximum atomic E-state index is 12.6. The summed E-state index contributed by atoms with van der Waals surface area (Å²) < 4.78 is 60.4. The van der Waals surface area contributed by atoms with Crippen LogP contribution in [0.3, 0.4) is 0 Å². The van der Waals surface area contributed by atoms with Crippen LogP contribution in [0.25, 0.3) is 0 Å². The van der Waals surface area contributed by atoms with E-state index < -0.39 is 32.5 Å². The van der Waals surface area contributed by atoms with Crippen LogP contribution < -0.4 is 4.72 Å². The standard InChI is InChI=1S/C8H14F3NO4S/c1-6(2,3)17(15,16)12-7(4,5(13)14)8(9,10)11/h12H,1-4H3,(H,13,14). The van der Waals surface area contributed by atoms with Crippen molar-refractivity contribution in [3.63, 3.8) is 0 Å². The number of halogens is 3. The molecule has 102 valence electrons. The van der Waals surface area contributed by atoms with Crippen molar-refractivity contribution < 1.29 is 31.5 Å². The van der Waals surface area contributed by atoms with Crippen molar-refractivity contribution in [1.82, 2.24) is 4.72 Å². The molecule has 0 aromatic carbocycles. The van der Waals surface area contributed by atoms with Crippen molar-refractivity contribution >= 4 is 16.0 Å². The Hall–Kier alpha value is -0.830. The predicted molar refractivity (Wildman–Crippen MR) is 53.9 cm³/mol. The lowest BCUT2D eigenvalue weighted by molar-refractivity contribution is -0.201. The molecule has 0 bridgehead atoms. The Bertz CT molecular complexity index is 409. The number of hydrogen-bond donors (Lipinski definition) is 2. The number of carbonyl (C=O) groups is 1. The minimum atomic E-state index is -5.24. The van der Waals surface area contributed by atoms with Crippen LogP contribution in [0.15, 0.2) is 0 Å². The second-order valence-corrected chi connectivity index (χ2v) is 7.08. The molecule has 0 heterocycles. The Labute approximate surface area is 97.1 Å². The zero-order valence-corrected chi connectivity index (χ0v) is 10.5. The van der Waals surface area contributed by atoms with Crippen LogP contribution in [0.4, 0.5) is 13.2 Å². The molecule has 1 atom stereocenters. The van der Waals surface area contributed by atoms with Gasteiger partial charge in [-0.05, 0) is 27.7 Å². The first-order chi connectivity index (χ1) is 7.15. The summed E-state index contributed by atoms with van der Waals surface area (Å²) in [7, 11) is -4.43. The fourth-order valence-corrected chi connectivity index (χ4v) is 1.69. The van der Waals surface area contributed by atoms with Gasteiger partial charge in [-0.2, -0.15) is 17.9 Å². The molecular weight excluding hydrogens is 263 g/mol. The average Bonchev–Trinajstić information content (AvgIpc) is 1.98. The van der Waals surface area contributed by atoms with Gasteiger partial charge in [0.2, 0.25) is 15.6 Å². The highest BCUT2D eigenvalue weighted by atomic mass is 32.2. The molecule has 0 aliphatic carbocycles. The van der Waals surface area contributed by atoms with Gasteiger partial charge in [-0.25, -0.2) is 13.2 Å². The van der Waals surface area contributed by atoms with Crippen molar-refractivity contribution in [2.24, 2.45) is 0 Å². The van der Waals surface area contributed by atoms with Gasteiger partial charge in [-0.1, -0.05) is 0 Å². The molecule has 0 aromatic rings. The fourth-order valence-electron chi connectivity index (χ4n) is 0.645. The lowest BCUT2D eigenvalue weighted by atomic mass is 10.0. The third-order valence-corrected chi connectivity index (χ3v) is 4.43. The lowest BCUT2D eigenvalue weighted by Gasteiger charge is -2.31. The maximum Gasteiger partial charge on any atom is 0.418 e. The highest BCUT2D eigenvalue weighted by Gasteiger charge is 2.60. The molecule has 2 N–H and O–H groups in total. The summed E-state index contributed by atoms with van der Waals surface area (Å²) in [6.45, 7) is 3.74. The number of carboxylic acid groups (broad SMARTS) is 1. The third-order valence-electron chi connectivity index (χ3n) is 2.14. The fraction of sp³-hybridized carbons (Fsp3) is 0.875. The van der Waals surface area contributed by atoms with E-state index >= 15 is 0 Å². The maximum absolute atomic E-state index is 12.6. The second kappa shape index (κ2) is 4.13. The van der Waals surface area contributed by atoms with E-state index in [2.05, 4.69) is 0 Å². The van der Waals surface area contributed by atoms with Gasteiger partial charge in [-0.15, -0.1) is 0 Å². The quantitative estimate of drug-likeness (QED) is 0.809. The van der Waals surface area contributed by atoms with Crippen molar-refractivity contribution in [2.75, 3.05) is 0 Å². The Balaban J connectivity index is 5.56. The van der Waals surface area contributed by atoms with Gasteiger partial charge in [0.1, 0.15) is 0 Å². The number of carboxylic acids is 1. The average molecular weight is 277 g/mol. The molecule has 0 saturated heterocycles. The number of hydrogen-bond acceptors (Lipinski definition) is 3. The van der Waals surface area contributed by atoms with Gasteiger partial charge >= 0.3 is 12.1 Å². The lowest BCUT2D eigenvalue weighted by Crippen LogP contribution is -2.64. The first-order valence-electron chi connectivity index (χ1n) is 4.49. The first-order valence-corrected chi connectivity index (χ1v) is 5.97. The molecule has 0 aliphatic rings. The molecule has 0 spiro atoms. The molecule has 1 unspecified atom stereocenters. The van der Waals surface area contributed by atoms with Gasteiger partial charge < -0.3 is 5.11 Å². The smallest absolute Gasteiger partial charge is 0.418 e. The van der Waals surface area contributed by atoms with Crippen LogP contribution >= 0.6 is 0 Å². The zero-order valence-electron chi connectivity index (χ0n) is 9.71. The van der Waals surface area contributed by atoms with Crippen molar-refractivity contribution in [3.05, 3.63) is 0 Å². The third kappa shape index (κ3) is 3.09. The summed E-state index contributed by atoms with van der Waals surface area (Å²) in [6, 6.07) is 0. The van der Waals surface area contributed by atoms with E-state index in [1.807, 2.05) is 0 Å². The highest BCUT2D eigenvalue weighted by Crippen LogP contribution is 2.32. The van der Waals surface area contributed by atoms with Crippen LogP contribution in [-0.4, -0.2) is 36.0 Å². The first kappa shape index (κ1) is 16.2. The Kier molecular flexibility index (Phi) is 3.92. The van der Waals surface area contributed by atoms with E-state index in [0.29, 0.717) is 0 Å². The highest BCUT2D eigenvalue weighted by molar-refractivity contribution is 7.90. The summed E-state index contributed by atoms with van der Waals surface area (Å²) in [5.74, 6) is -2.31. The van der Waals surface area contributed by atoms with Gasteiger partial charge in [0.25, 0.3) is 0 Å². The molecule has 0 rings (SSSR count). The number of rotatable bonds is 3. The molecule has 0 amide bonds. The van der Waals surface area contributed by atoms with Gasteiger partial charge in [0, 0.05) is 0 Å². The summed E-state index contributed by atoms with van der Waals surface area (Å²) in [5.41, 5.74) is -3.54. The van der Waals surface area contributed by atoms with E-state index in [-0.39, 0.29) is 6.92 Å². The molecule has 0 fully saturated rings. The molecule has 9 heteroatoms. The van der Waals surface area contributed by atoms with Crippen LogP contribution in [0.2, 0.25) is 0 Å². The summed E-state index contributed by atoms with van der Waals surface area (Å²) in [4.78, 5) is 10.6. The minimum Gasteiger partial charge on any atom is -0.480 e. The van der Waals surface area contributed by atoms with Crippen molar-refractivity contribution in [3.8, 4) is 0 Å². The van der Waals surface area contributed by atoms with E-state index in [0.717, 1.165) is 20.8 Å². The van der Waals surface area contributed by atoms with Gasteiger partial charge in [0.05, 0.1) is 4.75 Å². The van der Waals surface area contributed by atoms with E-state index in [9.17, 15) is 26.4 Å². The molecule has 17 heavy (non-hydrogen) atoms. The molecule has 0 saturated carbocycles. The predicted octanol–water partition coefficient (Wildman–Crippen LogP) is 1.11. The second-order valence-electron chi connectivity index (χ2n) is 4.65. The number of nitrogens with one attached hydrogen (secondary N) is 1. The molecule has 0 radical (unpaired) electrons. The zero-order chi connectivity index (χ0) is 14.3. The Morgan fingerprint density at radius 1 is 1.12 bits per heavy atom. The number of aliphatic carboxylic acids is 1. The van der Waals surface area contributed by atoms with Gasteiger partial charge in [-0.3, -0.25) is 0 Å². The number of alkyl halides is 3. The molecule has 0 aromatic heterocycles. The largest absolute Gasteiger partial charge is 0.480 e. The van der Waals surface area contributed by atoms with E-state index in [4.69, 9.17) is 5.11 Å². The Morgan fingerprint density at radius 3 is 1.65 bits per heavy atom. The molecular formula is C8H14F3NO4S. The summed E-state index contributed by atoms with van der Waals surface area (Å²) in [6.07, 6.45) is -5.24. The van der Waals surface area contributed by atoms with Crippen LogP contribution in [0.1, 0.15) is 27.7 Å². The van der Waals surface area contributed by atoms with E-state index in [1.165, 1.54) is 4.72 Å². The SMILES string of the molecule is CC(NS(=O)(=O)C(C)(C)C)(C(=O)O)C(F)(F)F. The van der Waals surface area contributed by atoms with Crippen LogP contribution in [0.5, 0.6) is 0 Å². The minimum absolute atomic E-state index is 0.263. The van der Waals surface area contributed by atoms with Crippen molar-refractivity contribution in [1.29, 1.82) is 0 Å². The van der Waals surface area contributed by atoms with Gasteiger partial charge in [0.15, 0.2) is 0 Å². The summed E-state index contributed by atoms with van der Waals surface area (Å²) in [5, 5.41) is 8.55. The van der Waals surface area contributed by atoms with Crippen LogP contribution in [-0.2, 0) is 14.8 Å². The Morgan fingerprint density at radius 2 is 1.47 bits per heavy atom. The summed E-state index contributed by atoms with van der Waals surface area (Å²) >= 11 is 0. The van der Waals surface area contributed by atoms with Crippen molar-refractivity contribution in [2.45, 2.75) is 44.2 Å². The van der Waals surface area contributed by atoms with Crippen LogP contribution in [0, 0.1) is 0 Å². The number of sulfonamides is 1. The topological polar surface area (TPSA) is 83.5 Å². The normalized spacial score (nSPS) is 17.6. The van der Waals surface area contributed by atoms with E-state index in [1.54, 1.807) is 0 Å². The monoisotopic (exact) mass is 277 g/mol.